The first-order chi connectivity index (χ1) is 11.5. The lowest BCUT2D eigenvalue weighted by atomic mass is 9.91. The molecule has 0 spiro atoms. The van der Waals surface area contributed by atoms with Gasteiger partial charge in [0, 0.05) is 31.2 Å². The molecule has 0 bridgehead atoms. The Kier molecular flexibility index (Phi) is 3.96. The number of fused-ring (bicyclic) bond motifs is 1. The van der Waals surface area contributed by atoms with Crippen LogP contribution in [0.15, 0.2) is 18.3 Å². The number of nitrogens with zero attached hydrogens (tertiary/aromatic N) is 3. The van der Waals surface area contributed by atoms with E-state index < -0.39 is 0 Å². The van der Waals surface area contributed by atoms with Crippen molar-refractivity contribution in [1.82, 2.24) is 14.5 Å². The predicted molar refractivity (Wildman–Crippen MR) is 93.2 cm³/mol. The maximum Gasteiger partial charge on any atom is 0.270 e. The van der Waals surface area contributed by atoms with E-state index >= 15 is 0 Å². The number of thiazole rings is 1. The number of hydrogen-bond donors (Lipinski definition) is 0. The standard InChI is InChI=1S/C18H23N3O2S/c1-11-12(2)24-17(19-11)15-9-13-6-8-21(10-16(13)23-15)18(22)14-5-4-7-20(14)3/h4-5,7,13,15-16H,6,8-10H2,1-3H3/t13-,15+,16+/m1/s1. The largest absolute Gasteiger partial charge is 0.366 e. The smallest absolute Gasteiger partial charge is 0.270 e. The molecular weight excluding hydrogens is 322 g/mol. The Labute approximate surface area is 146 Å². The Morgan fingerprint density at radius 1 is 1.42 bits per heavy atom. The molecule has 5 nitrogen and oxygen atoms in total. The van der Waals surface area contributed by atoms with Crippen LogP contribution in [0.1, 0.15) is 45.0 Å². The third kappa shape index (κ3) is 2.67. The summed E-state index contributed by atoms with van der Waals surface area (Å²) >= 11 is 1.74. The number of likely N-dealkylation sites (tertiary alicyclic amines) is 1. The molecule has 3 atom stereocenters. The molecule has 4 rings (SSSR count). The minimum atomic E-state index is 0.0995. The van der Waals surface area contributed by atoms with Crippen LogP contribution in [-0.2, 0) is 11.8 Å². The first-order valence-electron chi connectivity index (χ1n) is 8.53. The molecule has 1 amide bonds. The first kappa shape index (κ1) is 15.8. The molecular formula is C18H23N3O2S. The second-order valence-corrected chi connectivity index (χ2v) is 8.13. The topological polar surface area (TPSA) is 47.4 Å². The van der Waals surface area contributed by atoms with Crippen molar-refractivity contribution in [3.05, 3.63) is 39.6 Å². The van der Waals surface area contributed by atoms with E-state index in [1.165, 1.54) is 4.88 Å². The van der Waals surface area contributed by atoms with E-state index in [0.29, 0.717) is 12.5 Å². The molecule has 4 heterocycles. The van der Waals surface area contributed by atoms with Crippen LogP contribution in [0.4, 0.5) is 0 Å². The van der Waals surface area contributed by atoms with E-state index in [2.05, 4.69) is 18.8 Å². The van der Waals surface area contributed by atoms with Crippen molar-refractivity contribution in [1.29, 1.82) is 0 Å². The van der Waals surface area contributed by atoms with E-state index in [1.54, 1.807) is 11.3 Å². The van der Waals surface area contributed by atoms with Crippen molar-refractivity contribution in [3.8, 4) is 0 Å². The average molecular weight is 345 g/mol. The lowest BCUT2D eigenvalue weighted by Crippen LogP contribution is -2.45. The molecule has 0 saturated carbocycles. The van der Waals surface area contributed by atoms with Crippen LogP contribution in [0.25, 0.3) is 0 Å². The number of carbonyl (C=O) groups is 1. The molecule has 2 aliphatic heterocycles. The number of carbonyl (C=O) groups excluding carboxylic acids is 1. The molecule has 2 saturated heterocycles. The van der Waals surface area contributed by atoms with Crippen LogP contribution in [0.3, 0.4) is 0 Å². The Balaban J connectivity index is 1.46. The number of aryl methyl sites for hydroxylation is 3. The molecule has 2 fully saturated rings. The average Bonchev–Trinajstić information content (AvgIpc) is 3.25. The van der Waals surface area contributed by atoms with Gasteiger partial charge in [0.1, 0.15) is 16.8 Å². The van der Waals surface area contributed by atoms with E-state index in [9.17, 15) is 4.79 Å². The van der Waals surface area contributed by atoms with Gasteiger partial charge >= 0.3 is 0 Å². The highest BCUT2D eigenvalue weighted by molar-refractivity contribution is 7.11. The summed E-state index contributed by atoms with van der Waals surface area (Å²) in [6.07, 6.45) is 4.19. The maximum atomic E-state index is 12.7. The molecule has 24 heavy (non-hydrogen) atoms. The molecule has 0 N–H and O–H groups in total. The molecule has 6 heteroatoms. The van der Waals surface area contributed by atoms with Gasteiger partial charge in [-0.1, -0.05) is 0 Å². The fourth-order valence-corrected chi connectivity index (χ4v) is 4.73. The third-order valence-electron chi connectivity index (χ3n) is 5.32. The van der Waals surface area contributed by atoms with Gasteiger partial charge in [0.2, 0.25) is 0 Å². The van der Waals surface area contributed by atoms with Crippen molar-refractivity contribution in [2.24, 2.45) is 13.0 Å². The zero-order chi connectivity index (χ0) is 16.8. The van der Waals surface area contributed by atoms with Gasteiger partial charge in [-0.15, -0.1) is 11.3 Å². The predicted octanol–water partition coefficient (Wildman–Crippen LogP) is 3.09. The fraction of sp³-hybridized carbons (Fsp3) is 0.556. The van der Waals surface area contributed by atoms with Crippen molar-refractivity contribution in [3.63, 3.8) is 0 Å². The second kappa shape index (κ2) is 6.01. The monoisotopic (exact) mass is 345 g/mol. The highest BCUT2D eigenvalue weighted by atomic mass is 32.1. The van der Waals surface area contributed by atoms with Crippen LogP contribution in [0.2, 0.25) is 0 Å². The lowest BCUT2D eigenvalue weighted by molar-refractivity contribution is -0.00476. The summed E-state index contributed by atoms with van der Waals surface area (Å²) in [7, 11) is 1.91. The summed E-state index contributed by atoms with van der Waals surface area (Å²) in [5.41, 5.74) is 1.85. The number of aromatic nitrogens is 2. The van der Waals surface area contributed by atoms with Crippen LogP contribution in [-0.4, -0.2) is 39.6 Å². The summed E-state index contributed by atoms with van der Waals surface area (Å²) in [5.74, 6) is 0.644. The van der Waals surface area contributed by atoms with Gasteiger partial charge in [-0.05, 0) is 44.7 Å². The molecule has 2 aliphatic rings. The molecule has 0 unspecified atom stereocenters. The van der Waals surface area contributed by atoms with Crippen molar-refractivity contribution in [2.45, 2.75) is 38.9 Å². The Morgan fingerprint density at radius 3 is 2.92 bits per heavy atom. The minimum Gasteiger partial charge on any atom is -0.366 e. The number of rotatable bonds is 2. The van der Waals surface area contributed by atoms with Crippen LogP contribution in [0.5, 0.6) is 0 Å². The fourth-order valence-electron chi connectivity index (χ4n) is 3.75. The quantitative estimate of drug-likeness (QED) is 0.840. The summed E-state index contributed by atoms with van der Waals surface area (Å²) in [5, 5.41) is 1.10. The first-order valence-corrected chi connectivity index (χ1v) is 9.34. The Hall–Kier alpha value is -1.66. The Morgan fingerprint density at radius 2 is 2.25 bits per heavy atom. The SMILES string of the molecule is Cc1nc([C@@H]2C[C@H]3CCN(C(=O)c4cccn4C)C[C@@H]3O2)sc1C. The molecule has 2 aromatic rings. The minimum absolute atomic E-state index is 0.0995. The zero-order valence-electron chi connectivity index (χ0n) is 14.4. The van der Waals surface area contributed by atoms with Crippen molar-refractivity contribution < 1.29 is 9.53 Å². The Bertz CT molecular complexity index is 747. The van der Waals surface area contributed by atoms with Crippen LogP contribution >= 0.6 is 11.3 Å². The van der Waals surface area contributed by atoms with Gasteiger partial charge < -0.3 is 14.2 Å². The molecule has 0 aromatic carbocycles. The summed E-state index contributed by atoms with van der Waals surface area (Å²) in [6.45, 7) is 5.67. The van der Waals surface area contributed by atoms with E-state index in [0.717, 1.165) is 35.8 Å². The number of ether oxygens (including phenoxy) is 1. The molecule has 2 aromatic heterocycles. The molecule has 0 radical (unpaired) electrons. The van der Waals surface area contributed by atoms with Crippen molar-refractivity contribution in [2.75, 3.05) is 13.1 Å². The van der Waals surface area contributed by atoms with E-state index in [-0.39, 0.29) is 18.1 Å². The second-order valence-electron chi connectivity index (χ2n) is 6.90. The van der Waals surface area contributed by atoms with Crippen molar-refractivity contribution >= 4 is 17.2 Å². The van der Waals surface area contributed by atoms with Gasteiger partial charge in [0.15, 0.2) is 0 Å². The van der Waals surface area contributed by atoms with E-state index in [4.69, 9.17) is 4.74 Å². The highest BCUT2D eigenvalue weighted by Gasteiger charge is 2.42. The third-order valence-corrected chi connectivity index (χ3v) is 6.49. The highest BCUT2D eigenvalue weighted by Crippen LogP contribution is 2.42. The van der Waals surface area contributed by atoms with Gasteiger partial charge in [-0.2, -0.15) is 0 Å². The normalized spacial score (nSPS) is 26.6. The summed E-state index contributed by atoms with van der Waals surface area (Å²) < 4.78 is 8.18. The van der Waals surface area contributed by atoms with E-state index in [1.807, 2.05) is 34.8 Å². The molecule has 128 valence electrons. The van der Waals surface area contributed by atoms with Gasteiger partial charge in [-0.25, -0.2) is 4.98 Å². The van der Waals surface area contributed by atoms with Gasteiger partial charge in [0.05, 0.1) is 11.8 Å². The number of hydrogen-bond acceptors (Lipinski definition) is 4. The zero-order valence-corrected chi connectivity index (χ0v) is 15.2. The van der Waals surface area contributed by atoms with Crippen LogP contribution < -0.4 is 0 Å². The maximum absolute atomic E-state index is 12.7. The molecule has 0 aliphatic carbocycles. The summed E-state index contributed by atoms with van der Waals surface area (Å²) in [6, 6.07) is 3.79. The number of piperidine rings is 1. The van der Waals surface area contributed by atoms with Gasteiger partial charge in [-0.3, -0.25) is 4.79 Å². The van der Waals surface area contributed by atoms with Gasteiger partial charge in [0.25, 0.3) is 5.91 Å². The summed E-state index contributed by atoms with van der Waals surface area (Å²) in [4.78, 5) is 20.6. The number of amides is 1. The lowest BCUT2D eigenvalue weighted by Gasteiger charge is -2.34. The van der Waals surface area contributed by atoms with Crippen LogP contribution in [0, 0.1) is 19.8 Å².